The summed E-state index contributed by atoms with van der Waals surface area (Å²) in [4.78, 5) is 26.3. The van der Waals surface area contributed by atoms with E-state index in [1.54, 1.807) is 7.11 Å². The Hall–Kier alpha value is -2.71. The lowest BCUT2D eigenvalue weighted by Crippen LogP contribution is -2.39. The van der Waals surface area contributed by atoms with Crippen LogP contribution in [0.5, 0.6) is 0 Å². The summed E-state index contributed by atoms with van der Waals surface area (Å²) in [6.07, 6.45) is 2.51. The van der Waals surface area contributed by atoms with Crippen molar-refractivity contribution < 1.29 is 9.53 Å². The van der Waals surface area contributed by atoms with Crippen molar-refractivity contribution in [1.82, 2.24) is 15.3 Å². The number of nitrogen functional groups attached to an aromatic ring is 1. The number of carbonyl (C=O) groups excluding carboxylic acids is 1. The van der Waals surface area contributed by atoms with E-state index in [4.69, 9.17) is 15.5 Å². The van der Waals surface area contributed by atoms with Crippen molar-refractivity contribution in [1.29, 1.82) is 0 Å². The largest absolute Gasteiger partial charge is 0.397 e. The molecule has 8 heteroatoms. The number of nitrogens with two attached hydrogens (primary N) is 1. The van der Waals surface area contributed by atoms with Gasteiger partial charge in [0.2, 0.25) is 0 Å². The highest BCUT2D eigenvalue weighted by atomic mass is 32.1. The number of aryl methyl sites for hydroxylation is 2. The first kappa shape index (κ1) is 23.1. The molecule has 4 heterocycles. The van der Waals surface area contributed by atoms with E-state index in [1.165, 1.54) is 16.9 Å². The topological polar surface area (TPSA) is 93.4 Å². The van der Waals surface area contributed by atoms with E-state index in [0.29, 0.717) is 16.5 Å². The van der Waals surface area contributed by atoms with Gasteiger partial charge in [-0.15, -0.1) is 11.3 Å². The number of fused-ring (bicyclic) bond motifs is 2. The number of anilines is 2. The molecule has 3 N–H and O–H groups in total. The fourth-order valence-corrected chi connectivity index (χ4v) is 6.35. The van der Waals surface area contributed by atoms with Crippen LogP contribution >= 0.6 is 11.3 Å². The first-order valence-electron chi connectivity index (χ1n) is 12.0. The number of nitrogens with zero attached hydrogens (tertiary/aromatic N) is 3. The maximum absolute atomic E-state index is 13.0. The molecule has 0 radical (unpaired) electrons. The van der Waals surface area contributed by atoms with Crippen LogP contribution in [0.3, 0.4) is 0 Å². The molecule has 2 aliphatic rings. The van der Waals surface area contributed by atoms with Crippen molar-refractivity contribution in [2.24, 2.45) is 11.3 Å². The summed E-state index contributed by atoms with van der Waals surface area (Å²) in [6.45, 7) is 9.25. The van der Waals surface area contributed by atoms with E-state index < -0.39 is 0 Å². The molecule has 1 aliphatic heterocycles. The molecule has 5 rings (SSSR count). The number of methoxy groups -OCH3 is 1. The van der Waals surface area contributed by atoms with Gasteiger partial charge >= 0.3 is 0 Å². The molecule has 0 spiro atoms. The van der Waals surface area contributed by atoms with Crippen LogP contribution in [0.25, 0.3) is 10.2 Å². The predicted molar refractivity (Wildman–Crippen MR) is 138 cm³/mol. The molecule has 0 bridgehead atoms. The third-order valence-electron chi connectivity index (χ3n) is 7.56. The van der Waals surface area contributed by atoms with Crippen molar-refractivity contribution in [2.45, 2.75) is 46.1 Å². The molecule has 34 heavy (non-hydrogen) atoms. The number of nitrogens with one attached hydrogen (secondary N) is 1. The zero-order valence-corrected chi connectivity index (χ0v) is 21.2. The van der Waals surface area contributed by atoms with Crippen LogP contribution < -0.4 is 16.0 Å². The standard InChI is InChI=1S/C26H33N5O2S/c1-15-12-31(13-26(15,3)14-33-4)21-10-6-17-11-18(7-9-20(17)30-21)29-24(32)23-22(27)19-8-5-16(2)28-25(19)34-23/h5-6,8,10,15,18H,7,9,11-14,27H2,1-4H3,(H,29,32)/t15-,18-,26+/m0/s1. The van der Waals surface area contributed by atoms with Gasteiger partial charge in [-0.2, -0.15) is 0 Å². The minimum Gasteiger partial charge on any atom is -0.397 e. The maximum Gasteiger partial charge on any atom is 0.263 e. The number of rotatable bonds is 5. The molecule has 3 atom stereocenters. The average molecular weight is 480 g/mol. The van der Waals surface area contributed by atoms with Crippen molar-refractivity contribution in [3.8, 4) is 0 Å². The molecule has 180 valence electrons. The second-order valence-electron chi connectivity index (χ2n) is 10.2. The predicted octanol–water partition coefficient (Wildman–Crippen LogP) is 3.98. The molecule has 1 saturated heterocycles. The SMILES string of the molecule is COC[C@@]1(C)CN(c2ccc3c(n2)CC[C@H](NC(=O)c2sc4nc(C)ccc4c2N)C3)C[C@@H]1C. The summed E-state index contributed by atoms with van der Waals surface area (Å²) in [7, 11) is 1.78. The quantitative estimate of drug-likeness (QED) is 0.575. The molecular weight excluding hydrogens is 446 g/mol. The number of pyridine rings is 2. The Morgan fingerprint density at radius 1 is 1.32 bits per heavy atom. The highest BCUT2D eigenvalue weighted by molar-refractivity contribution is 7.21. The van der Waals surface area contributed by atoms with Crippen molar-refractivity contribution in [3.63, 3.8) is 0 Å². The lowest BCUT2D eigenvalue weighted by atomic mass is 9.82. The minimum atomic E-state index is -0.111. The Bertz CT molecular complexity index is 1240. The Kier molecular flexibility index (Phi) is 5.98. The second-order valence-corrected chi connectivity index (χ2v) is 11.2. The van der Waals surface area contributed by atoms with E-state index >= 15 is 0 Å². The van der Waals surface area contributed by atoms with Gasteiger partial charge in [0.15, 0.2) is 0 Å². The number of aromatic nitrogens is 2. The summed E-state index contributed by atoms with van der Waals surface area (Å²) < 4.78 is 5.49. The maximum atomic E-state index is 13.0. The van der Waals surface area contributed by atoms with Crippen molar-refractivity contribution >= 4 is 39.0 Å². The van der Waals surface area contributed by atoms with Crippen LogP contribution in [0.1, 0.15) is 46.9 Å². The smallest absolute Gasteiger partial charge is 0.263 e. The normalized spacial score (nSPS) is 24.4. The van der Waals surface area contributed by atoms with Gasteiger partial charge in [-0.05, 0) is 55.9 Å². The fraction of sp³-hybridized carbons (Fsp3) is 0.500. The lowest BCUT2D eigenvalue weighted by molar-refractivity contribution is 0.0803. The zero-order valence-electron chi connectivity index (χ0n) is 20.4. The first-order valence-corrected chi connectivity index (χ1v) is 12.8. The number of amides is 1. The summed E-state index contributed by atoms with van der Waals surface area (Å²) in [6, 6.07) is 8.26. The van der Waals surface area contributed by atoms with Gasteiger partial charge in [-0.25, -0.2) is 9.97 Å². The van der Waals surface area contributed by atoms with Crippen LogP contribution in [0.15, 0.2) is 24.3 Å². The molecule has 1 aliphatic carbocycles. The summed E-state index contributed by atoms with van der Waals surface area (Å²) in [5.41, 5.74) is 10.2. The van der Waals surface area contributed by atoms with E-state index in [-0.39, 0.29) is 17.4 Å². The number of hydrogen-bond acceptors (Lipinski definition) is 7. The zero-order chi connectivity index (χ0) is 24.0. The van der Waals surface area contributed by atoms with E-state index in [2.05, 4.69) is 41.2 Å². The molecule has 3 aromatic heterocycles. The Morgan fingerprint density at radius 3 is 2.94 bits per heavy atom. The summed E-state index contributed by atoms with van der Waals surface area (Å²) in [5, 5.41) is 4.06. The molecule has 0 saturated carbocycles. The van der Waals surface area contributed by atoms with Crippen molar-refractivity contribution in [3.05, 3.63) is 46.1 Å². The van der Waals surface area contributed by atoms with E-state index in [1.807, 2.05) is 19.1 Å². The Morgan fingerprint density at radius 2 is 2.15 bits per heavy atom. The summed E-state index contributed by atoms with van der Waals surface area (Å²) >= 11 is 1.36. The first-order chi connectivity index (χ1) is 16.3. The molecule has 0 aromatic carbocycles. The fourth-order valence-electron chi connectivity index (χ4n) is 5.31. The molecule has 0 unspecified atom stereocenters. The Balaban J connectivity index is 1.27. The highest BCUT2D eigenvalue weighted by Crippen LogP contribution is 2.38. The number of carbonyl (C=O) groups is 1. The van der Waals surface area contributed by atoms with Crippen LogP contribution in [0.2, 0.25) is 0 Å². The highest BCUT2D eigenvalue weighted by Gasteiger charge is 2.41. The van der Waals surface area contributed by atoms with Gasteiger partial charge in [0, 0.05) is 48.4 Å². The molecule has 1 fully saturated rings. The number of thiophene rings is 1. The van der Waals surface area contributed by atoms with Crippen LogP contribution in [-0.2, 0) is 17.6 Å². The lowest BCUT2D eigenvalue weighted by Gasteiger charge is -2.28. The van der Waals surface area contributed by atoms with Gasteiger partial charge in [-0.3, -0.25) is 4.79 Å². The van der Waals surface area contributed by atoms with Gasteiger partial charge in [-0.1, -0.05) is 19.9 Å². The third-order valence-corrected chi connectivity index (χ3v) is 8.67. The number of ether oxygens (including phenoxy) is 1. The van der Waals surface area contributed by atoms with Gasteiger partial charge in [0.05, 0.1) is 12.3 Å². The van der Waals surface area contributed by atoms with Gasteiger partial charge < -0.3 is 20.7 Å². The van der Waals surface area contributed by atoms with Crippen LogP contribution in [-0.4, -0.2) is 48.7 Å². The second kappa shape index (κ2) is 8.82. The molecule has 3 aromatic rings. The van der Waals surface area contributed by atoms with E-state index in [0.717, 1.165) is 66.4 Å². The van der Waals surface area contributed by atoms with Crippen LogP contribution in [0.4, 0.5) is 11.5 Å². The molecular formula is C26H33N5O2S. The molecule has 1 amide bonds. The number of hydrogen-bond donors (Lipinski definition) is 2. The van der Waals surface area contributed by atoms with Gasteiger partial charge in [0.25, 0.3) is 5.91 Å². The monoisotopic (exact) mass is 479 g/mol. The van der Waals surface area contributed by atoms with Crippen LogP contribution in [0, 0.1) is 18.3 Å². The minimum absolute atomic E-state index is 0.0729. The van der Waals surface area contributed by atoms with Crippen molar-refractivity contribution in [2.75, 3.05) is 37.4 Å². The Labute approximate surface area is 204 Å². The summed E-state index contributed by atoms with van der Waals surface area (Å²) in [5.74, 6) is 1.48. The average Bonchev–Trinajstić information content (AvgIpc) is 3.29. The third kappa shape index (κ3) is 4.14. The van der Waals surface area contributed by atoms with E-state index in [9.17, 15) is 4.79 Å². The molecule has 7 nitrogen and oxygen atoms in total. The van der Waals surface area contributed by atoms with Gasteiger partial charge in [0.1, 0.15) is 15.5 Å².